The first-order valence-electron chi connectivity index (χ1n) is 7.28. The van der Waals surface area contributed by atoms with Gasteiger partial charge in [0, 0.05) is 18.8 Å². The van der Waals surface area contributed by atoms with E-state index in [0.29, 0.717) is 12.0 Å². The molecule has 0 aromatic heterocycles. The van der Waals surface area contributed by atoms with E-state index < -0.39 is 10.1 Å². The fourth-order valence-electron chi connectivity index (χ4n) is 3.49. The van der Waals surface area contributed by atoms with Gasteiger partial charge in [-0.05, 0) is 25.5 Å². The van der Waals surface area contributed by atoms with Crippen molar-refractivity contribution in [3.8, 4) is 0 Å². The second-order valence-electron chi connectivity index (χ2n) is 6.22. The Hall–Kier alpha value is -0.910. The molecule has 2 aliphatic heterocycles. The molecule has 0 amide bonds. The van der Waals surface area contributed by atoms with Gasteiger partial charge in [0.15, 0.2) is 0 Å². The van der Waals surface area contributed by atoms with Crippen molar-refractivity contribution < 1.29 is 17.5 Å². The molecule has 4 rings (SSSR count). The van der Waals surface area contributed by atoms with Crippen LogP contribution in [0.15, 0.2) is 29.2 Å². The maximum Gasteiger partial charge on any atom is 0.297 e. The zero-order valence-electron chi connectivity index (χ0n) is 12.0. The minimum absolute atomic E-state index is 0.135. The molecule has 1 aliphatic carbocycles. The molecule has 20 heavy (non-hydrogen) atoms. The van der Waals surface area contributed by atoms with Crippen LogP contribution in [0.1, 0.15) is 24.8 Å². The van der Waals surface area contributed by atoms with Gasteiger partial charge in [-0.3, -0.25) is 4.18 Å². The van der Waals surface area contributed by atoms with Gasteiger partial charge in [0.25, 0.3) is 10.1 Å². The van der Waals surface area contributed by atoms with Crippen LogP contribution in [0.2, 0.25) is 0 Å². The van der Waals surface area contributed by atoms with Gasteiger partial charge in [0.2, 0.25) is 0 Å². The van der Waals surface area contributed by atoms with Crippen LogP contribution in [0.25, 0.3) is 0 Å². The molecule has 2 bridgehead atoms. The highest BCUT2D eigenvalue weighted by Gasteiger charge is 2.44. The topological polar surface area (TPSA) is 47.8 Å². The lowest BCUT2D eigenvalue weighted by atomic mass is 9.78. The first-order valence-corrected chi connectivity index (χ1v) is 8.69. The van der Waals surface area contributed by atoms with Crippen molar-refractivity contribution in [3.05, 3.63) is 29.8 Å². The van der Waals surface area contributed by atoms with Crippen LogP contribution in [0.4, 0.5) is 0 Å². The minimum atomic E-state index is -3.63. The molecule has 1 aromatic carbocycles. The van der Waals surface area contributed by atoms with E-state index in [1.54, 1.807) is 24.3 Å². The lowest BCUT2D eigenvalue weighted by Gasteiger charge is -2.44. The van der Waals surface area contributed by atoms with E-state index >= 15 is 0 Å². The standard InChI is InChI=1S/C15H21NO3S/c1-11-3-7-14(8-4-11)20(17,18)19-15-9-13-6-5-12(15)10-16(13)2/h3-4,7-8,12-13,15H,5-6,9-10H2,1-2H3/p+1/t12-,13+,15+/m0/s1. The van der Waals surface area contributed by atoms with E-state index in [1.165, 1.54) is 11.3 Å². The molecular weight excluding hydrogens is 274 g/mol. The molecule has 4 nitrogen and oxygen atoms in total. The van der Waals surface area contributed by atoms with Gasteiger partial charge >= 0.3 is 0 Å². The van der Waals surface area contributed by atoms with E-state index in [-0.39, 0.29) is 11.0 Å². The molecule has 1 saturated carbocycles. The SMILES string of the molecule is Cc1ccc(S(=O)(=O)O[C@@H]2C[C@H]3CC[C@H]2C[NH+]3C)cc1. The Kier molecular flexibility index (Phi) is 3.60. The van der Waals surface area contributed by atoms with Gasteiger partial charge in [-0.25, -0.2) is 0 Å². The molecule has 4 atom stereocenters. The van der Waals surface area contributed by atoms with Crippen molar-refractivity contribution in [2.75, 3.05) is 13.6 Å². The van der Waals surface area contributed by atoms with E-state index in [0.717, 1.165) is 24.9 Å². The zero-order valence-corrected chi connectivity index (χ0v) is 12.8. The summed E-state index contributed by atoms with van der Waals surface area (Å²) in [5.41, 5.74) is 1.05. The van der Waals surface area contributed by atoms with Crippen LogP contribution in [0.5, 0.6) is 0 Å². The highest BCUT2D eigenvalue weighted by molar-refractivity contribution is 7.86. The Balaban J connectivity index is 1.76. The normalized spacial score (nSPS) is 33.3. The van der Waals surface area contributed by atoms with Crippen LogP contribution in [0, 0.1) is 12.8 Å². The highest BCUT2D eigenvalue weighted by Crippen LogP contribution is 2.31. The Labute approximate surface area is 120 Å². The fraction of sp³-hybridized carbons (Fsp3) is 0.600. The Bertz CT molecular complexity index is 582. The number of hydrogen-bond acceptors (Lipinski definition) is 3. The number of fused-ring (bicyclic) bond motifs is 3. The third kappa shape index (κ3) is 2.62. The number of piperidine rings is 2. The lowest BCUT2D eigenvalue weighted by Crippen LogP contribution is -3.16. The summed E-state index contributed by atoms with van der Waals surface area (Å²) in [5.74, 6) is 0.375. The van der Waals surface area contributed by atoms with E-state index in [9.17, 15) is 8.42 Å². The summed E-state index contributed by atoms with van der Waals surface area (Å²) >= 11 is 0. The van der Waals surface area contributed by atoms with Crippen LogP contribution in [-0.2, 0) is 14.3 Å². The summed E-state index contributed by atoms with van der Waals surface area (Å²) in [4.78, 5) is 1.79. The molecule has 0 spiro atoms. The van der Waals surface area contributed by atoms with Crippen molar-refractivity contribution >= 4 is 10.1 Å². The molecule has 3 fully saturated rings. The van der Waals surface area contributed by atoms with Gasteiger partial charge < -0.3 is 4.90 Å². The molecule has 3 aliphatic rings. The van der Waals surface area contributed by atoms with Crippen molar-refractivity contribution in [1.29, 1.82) is 0 Å². The lowest BCUT2D eigenvalue weighted by molar-refractivity contribution is -0.923. The maximum absolute atomic E-state index is 12.3. The third-order valence-electron chi connectivity index (χ3n) is 4.77. The first-order chi connectivity index (χ1) is 9.45. The van der Waals surface area contributed by atoms with Crippen molar-refractivity contribution in [2.24, 2.45) is 5.92 Å². The zero-order chi connectivity index (χ0) is 14.3. The van der Waals surface area contributed by atoms with Crippen LogP contribution in [0.3, 0.4) is 0 Å². The van der Waals surface area contributed by atoms with Crippen LogP contribution < -0.4 is 4.90 Å². The van der Waals surface area contributed by atoms with Gasteiger partial charge in [0.05, 0.1) is 30.6 Å². The summed E-state index contributed by atoms with van der Waals surface area (Å²) in [6, 6.07) is 7.42. The summed E-state index contributed by atoms with van der Waals surface area (Å²) in [5, 5.41) is 0. The average molecular weight is 296 g/mol. The predicted molar refractivity (Wildman–Crippen MR) is 76.1 cm³/mol. The van der Waals surface area contributed by atoms with Gasteiger partial charge in [-0.2, -0.15) is 8.42 Å². The molecule has 110 valence electrons. The highest BCUT2D eigenvalue weighted by atomic mass is 32.2. The number of hydrogen-bond donors (Lipinski definition) is 1. The number of quaternary nitrogens is 1. The van der Waals surface area contributed by atoms with Gasteiger partial charge in [-0.15, -0.1) is 0 Å². The Morgan fingerprint density at radius 3 is 2.45 bits per heavy atom. The van der Waals surface area contributed by atoms with Crippen LogP contribution >= 0.6 is 0 Å². The second kappa shape index (κ2) is 5.13. The fourth-order valence-corrected chi connectivity index (χ4v) is 4.64. The maximum atomic E-state index is 12.3. The van der Waals surface area contributed by atoms with Gasteiger partial charge in [0.1, 0.15) is 0 Å². The molecule has 1 aromatic rings. The predicted octanol–water partition coefficient (Wildman–Crippen LogP) is 0.766. The smallest absolute Gasteiger partial charge is 0.297 e. The van der Waals surface area contributed by atoms with Crippen molar-refractivity contribution in [1.82, 2.24) is 0 Å². The molecule has 1 N–H and O–H groups in total. The summed E-state index contributed by atoms with van der Waals surface area (Å²) in [6.45, 7) is 2.97. The molecule has 5 heteroatoms. The minimum Gasteiger partial charge on any atom is -0.335 e. The van der Waals surface area contributed by atoms with Crippen LogP contribution in [-0.4, -0.2) is 34.2 Å². The monoisotopic (exact) mass is 296 g/mol. The Morgan fingerprint density at radius 2 is 1.90 bits per heavy atom. The van der Waals surface area contributed by atoms with Gasteiger partial charge in [-0.1, -0.05) is 17.7 Å². The number of aryl methyl sites for hydroxylation is 1. The van der Waals surface area contributed by atoms with E-state index in [1.807, 2.05) is 6.92 Å². The Morgan fingerprint density at radius 1 is 1.20 bits per heavy atom. The van der Waals surface area contributed by atoms with E-state index in [2.05, 4.69) is 7.05 Å². The summed E-state index contributed by atoms with van der Waals surface area (Å²) in [7, 11) is -1.43. The van der Waals surface area contributed by atoms with E-state index in [4.69, 9.17) is 4.18 Å². The summed E-state index contributed by atoms with van der Waals surface area (Å²) < 4.78 is 30.2. The summed E-state index contributed by atoms with van der Waals surface area (Å²) in [6.07, 6.45) is 3.02. The largest absolute Gasteiger partial charge is 0.335 e. The molecule has 2 heterocycles. The number of benzene rings is 1. The van der Waals surface area contributed by atoms with Crippen molar-refractivity contribution in [2.45, 2.75) is 43.2 Å². The number of rotatable bonds is 3. The molecular formula is C15H22NO3S+. The average Bonchev–Trinajstić information content (AvgIpc) is 2.40. The molecule has 1 unspecified atom stereocenters. The molecule has 2 saturated heterocycles. The first kappa shape index (κ1) is 14.0. The quantitative estimate of drug-likeness (QED) is 0.838. The van der Waals surface area contributed by atoms with Crippen molar-refractivity contribution in [3.63, 3.8) is 0 Å². The molecule has 0 radical (unpaired) electrons. The third-order valence-corrected chi connectivity index (χ3v) is 6.12. The number of nitrogens with one attached hydrogen (secondary N) is 1. The second-order valence-corrected chi connectivity index (χ2v) is 7.79.